The standard InChI is InChI=1S/C30H32FN3O6/c1-6-30(38)19-9-23-26-17(12-34(23)27(35)18(19)13-40-29(30)37)25-22(33(4)11-14(2)28(36)39-5)8-7-16-15(3)20(31)10-21(32-26)24(16)25/h9-10,14,22,38H,6-8,11-13H2,1-5H3/t14?,22-,30-/m0/s1. The van der Waals surface area contributed by atoms with Gasteiger partial charge in [-0.2, -0.15) is 0 Å². The molecule has 2 aromatic heterocycles. The van der Waals surface area contributed by atoms with Gasteiger partial charge in [-0.1, -0.05) is 13.8 Å². The molecule has 0 bridgehead atoms. The lowest BCUT2D eigenvalue weighted by atomic mass is 9.81. The molecule has 3 aliphatic rings. The summed E-state index contributed by atoms with van der Waals surface area (Å²) in [7, 11) is 3.33. The normalized spacial score (nSPS) is 21.6. The topological polar surface area (TPSA) is 111 Å². The summed E-state index contributed by atoms with van der Waals surface area (Å²) >= 11 is 0. The van der Waals surface area contributed by atoms with Crippen LogP contribution in [0.1, 0.15) is 66.1 Å². The van der Waals surface area contributed by atoms with E-state index in [1.165, 1.54) is 13.2 Å². The summed E-state index contributed by atoms with van der Waals surface area (Å²) in [6.45, 7) is 5.76. The Morgan fingerprint density at radius 1 is 1.32 bits per heavy atom. The number of benzene rings is 1. The first-order valence-corrected chi connectivity index (χ1v) is 13.6. The van der Waals surface area contributed by atoms with Crippen LogP contribution >= 0.6 is 0 Å². The molecule has 3 aromatic rings. The Hall–Kier alpha value is -3.63. The van der Waals surface area contributed by atoms with Crippen molar-refractivity contribution in [2.45, 2.75) is 64.8 Å². The van der Waals surface area contributed by atoms with Gasteiger partial charge in [0, 0.05) is 35.2 Å². The van der Waals surface area contributed by atoms with Gasteiger partial charge in [-0.25, -0.2) is 14.2 Å². The Morgan fingerprint density at radius 3 is 2.77 bits per heavy atom. The molecule has 40 heavy (non-hydrogen) atoms. The van der Waals surface area contributed by atoms with E-state index >= 15 is 4.39 Å². The number of carbonyl (C=O) groups is 2. The number of aromatic nitrogens is 2. The summed E-state index contributed by atoms with van der Waals surface area (Å²) in [5, 5.41) is 12.1. The van der Waals surface area contributed by atoms with Crippen LogP contribution in [-0.2, 0) is 44.2 Å². The third kappa shape index (κ3) is 3.58. The number of aryl methyl sites for hydroxylation is 1. The Balaban J connectivity index is 1.60. The highest BCUT2D eigenvalue weighted by molar-refractivity contribution is 5.93. The lowest BCUT2D eigenvalue weighted by Crippen LogP contribution is -2.44. The number of hydrogen-bond acceptors (Lipinski definition) is 8. The maximum atomic E-state index is 15.1. The van der Waals surface area contributed by atoms with Crippen LogP contribution in [0.2, 0.25) is 0 Å². The summed E-state index contributed by atoms with van der Waals surface area (Å²) in [5.41, 5.74) is 3.06. The van der Waals surface area contributed by atoms with Crippen molar-refractivity contribution in [2.24, 2.45) is 5.92 Å². The van der Waals surface area contributed by atoms with Crippen LogP contribution in [0.4, 0.5) is 4.39 Å². The van der Waals surface area contributed by atoms with E-state index in [4.69, 9.17) is 14.5 Å². The number of aliphatic hydroxyl groups is 1. The molecule has 0 saturated heterocycles. The zero-order chi connectivity index (χ0) is 28.7. The van der Waals surface area contributed by atoms with E-state index in [1.807, 2.05) is 14.0 Å². The number of halogens is 1. The highest BCUT2D eigenvalue weighted by atomic mass is 19.1. The van der Waals surface area contributed by atoms with Crippen molar-refractivity contribution in [3.05, 3.63) is 61.7 Å². The van der Waals surface area contributed by atoms with Gasteiger partial charge in [0.25, 0.3) is 5.56 Å². The van der Waals surface area contributed by atoms with Crippen molar-refractivity contribution >= 4 is 22.8 Å². The summed E-state index contributed by atoms with van der Waals surface area (Å²) in [6.07, 6.45) is 1.40. The second-order valence-electron chi connectivity index (χ2n) is 11.2. The quantitative estimate of drug-likeness (QED) is 0.378. The monoisotopic (exact) mass is 549 g/mol. The average molecular weight is 550 g/mol. The lowest BCUT2D eigenvalue weighted by Gasteiger charge is -2.36. The third-order valence-electron chi connectivity index (χ3n) is 9.04. The molecule has 210 valence electrons. The molecule has 2 aliphatic heterocycles. The lowest BCUT2D eigenvalue weighted by molar-refractivity contribution is -0.172. The fourth-order valence-electron chi connectivity index (χ4n) is 6.81. The molecular formula is C30H32FN3O6. The molecule has 0 fully saturated rings. The first-order valence-electron chi connectivity index (χ1n) is 13.6. The minimum Gasteiger partial charge on any atom is -0.469 e. The van der Waals surface area contributed by atoms with Crippen molar-refractivity contribution in [2.75, 3.05) is 20.7 Å². The highest BCUT2D eigenvalue weighted by Gasteiger charge is 2.46. The van der Waals surface area contributed by atoms with Crippen LogP contribution in [0.25, 0.3) is 22.3 Å². The fraction of sp³-hybridized carbons (Fsp3) is 0.467. The number of cyclic esters (lactones) is 1. The predicted molar refractivity (Wildman–Crippen MR) is 144 cm³/mol. The predicted octanol–water partition coefficient (Wildman–Crippen LogP) is 3.26. The van der Waals surface area contributed by atoms with E-state index in [1.54, 1.807) is 24.5 Å². The second kappa shape index (κ2) is 9.21. The molecule has 0 spiro atoms. The van der Waals surface area contributed by atoms with Crippen molar-refractivity contribution < 1.29 is 28.6 Å². The Morgan fingerprint density at radius 2 is 2.08 bits per heavy atom. The zero-order valence-corrected chi connectivity index (χ0v) is 23.3. The summed E-state index contributed by atoms with van der Waals surface area (Å²) < 4.78 is 26.8. The largest absolute Gasteiger partial charge is 0.469 e. The number of methoxy groups -OCH3 is 1. The molecule has 4 heterocycles. The summed E-state index contributed by atoms with van der Waals surface area (Å²) in [6, 6.07) is 3.00. The van der Waals surface area contributed by atoms with Crippen LogP contribution in [0.3, 0.4) is 0 Å². The van der Waals surface area contributed by atoms with Crippen LogP contribution in [0, 0.1) is 18.7 Å². The molecule has 1 aromatic carbocycles. The maximum absolute atomic E-state index is 15.1. The second-order valence-corrected chi connectivity index (χ2v) is 11.2. The number of carbonyl (C=O) groups excluding carboxylic acids is 2. The highest BCUT2D eigenvalue weighted by Crippen LogP contribution is 2.47. The first-order chi connectivity index (χ1) is 19.0. The van der Waals surface area contributed by atoms with E-state index in [0.717, 1.165) is 22.1 Å². The van der Waals surface area contributed by atoms with E-state index in [2.05, 4.69) is 4.90 Å². The molecule has 0 saturated carbocycles. The van der Waals surface area contributed by atoms with Crippen LogP contribution in [-0.4, -0.2) is 52.2 Å². The van der Waals surface area contributed by atoms with Gasteiger partial charge in [-0.05, 0) is 56.0 Å². The summed E-state index contributed by atoms with van der Waals surface area (Å²) in [5.74, 6) is -1.77. The third-order valence-corrected chi connectivity index (χ3v) is 9.04. The molecule has 1 aliphatic carbocycles. The molecule has 0 radical (unpaired) electrons. The average Bonchev–Trinajstić information content (AvgIpc) is 3.32. The number of ether oxygens (including phenoxy) is 2. The van der Waals surface area contributed by atoms with Crippen molar-refractivity contribution in [3.63, 3.8) is 0 Å². The Labute approximate surface area is 230 Å². The van der Waals surface area contributed by atoms with Gasteiger partial charge in [0.1, 0.15) is 12.4 Å². The molecule has 10 heteroatoms. The van der Waals surface area contributed by atoms with Gasteiger partial charge in [-0.15, -0.1) is 0 Å². The fourth-order valence-corrected chi connectivity index (χ4v) is 6.81. The van der Waals surface area contributed by atoms with Crippen molar-refractivity contribution in [1.29, 1.82) is 0 Å². The molecule has 0 amide bonds. The maximum Gasteiger partial charge on any atom is 0.343 e. The van der Waals surface area contributed by atoms with Gasteiger partial charge in [0.2, 0.25) is 0 Å². The minimum atomic E-state index is -1.93. The molecule has 1 unspecified atom stereocenters. The van der Waals surface area contributed by atoms with Gasteiger partial charge >= 0.3 is 11.9 Å². The number of pyridine rings is 2. The van der Waals surface area contributed by atoms with Crippen molar-refractivity contribution in [1.82, 2.24) is 14.5 Å². The molecule has 6 rings (SSSR count). The molecule has 3 atom stereocenters. The number of fused-ring (bicyclic) bond motifs is 5. The molecule has 9 nitrogen and oxygen atoms in total. The minimum absolute atomic E-state index is 0.0457. The SMILES string of the molecule is CC[C@@]1(O)C(=O)OCc2c1cc1n(c2=O)Cc2c-1nc1cc(F)c(C)c3c1c2[C@@H](N(C)CC(C)C(=O)OC)CC3. The van der Waals surface area contributed by atoms with E-state index in [9.17, 15) is 19.5 Å². The smallest absolute Gasteiger partial charge is 0.343 e. The molecular weight excluding hydrogens is 517 g/mol. The molecule has 1 N–H and O–H groups in total. The van der Waals surface area contributed by atoms with E-state index in [-0.39, 0.29) is 60.0 Å². The number of esters is 2. The van der Waals surface area contributed by atoms with E-state index in [0.29, 0.717) is 41.9 Å². The number of hydrogen-bond donors (Lipinski definition) is 1. The van der Waals surface area contributed by atoms with Gasteiger partial charge in [-0.3, -0.25) is 14.5 Å². The van der Waals surface area contributed by atoms with E-state index < -0.39 is 11.6 Å². The van der Waals surface area contributed by atoms with Crippen LogP contribution in [0.15, 0.2) is 16.9 Å². The Kier molecular flexibility index (Phi) is 6.12. The van der Waals surface area contributed by atoms with Gasteiger partial charge < -0.3 is 19.1 Å². The number of nitrogens with zero attached hydrogens (tertiary/aromatic N) is 3. The Bertz CT molecular complexity index is 1680. The number of rotatable bonds is 5. The summed E-state index contributed by atoms with van der Waals surface area (Å²) in [4.78, 5) is 45.5. The zero-order valence-electron chi connectivity index (χ0n) is 23.3. The van der Waals surface area contributed by atoms with Crippen molar-refractivity contribution in [3.8, 4) is 11.4 Å². The van der Waals surface area contributed by atoms with Crippen LogP contribution in [0.5, 0.6) is 0 Å². The first kappa shape index (κ1) is 26.6. The van der Waals surface area contributed by atoms with Crippen LogP contribution < -0.4 is 5.56 Å². The van der Waals surface area contributed by atoms with Gasteiger partial charge in [0.15, 0.2) is 5.60 Å². The van der Waals surface area contributed by atoms with Gasteiger partial charge in [0.05, 0.1) is 42.0 Å².